The van der Waals surface area contributed by atoms with Crippen molar-refractivity contribution in [2.75, 3.05) is 19.8 Å². The third kappa shape index (κ3) is 3.78. The van der Waals surface area contributed by atoms with E-state index >= 15 is 0 Å². The van der Waals surface area contributed by atoms with E-state index in [1.54, 1.807) is 18.3 Å². The van der Waals surface area contributed by atoms with Gasteiger partial charge in [0.1, 0.15) is 25.6 Å². The Morgan fingerprint density at radius 2 is 1.88 bits per heavy atom. The number of fused-ring (bicyclic) bond motifs is 2. The average molecular weight is 435 g/mol. The second-order valence-corrected chi connectivity index (χ2v) is 7.52. The van der Waals surface area contributed by atoms with Crippen LogP contribution in [0.5, 0.6) is 11.5 Å². The molecule has 1 atom stereocenters. The Balaban J connectivity index is 1.30. The van der Waals surface area contributed by atoms with Crippen molar-refractivity contribution in [3.05, 3.63) is 65.6 Å². The first kappa shape index (κ1) is 20.1. The highest BCUT2D eigenvalue weighted by Crippen LogP contribution is 2.35. The van der Waals surface area contributed by atoms with E-state index in [4.69, 9.17) is 14.2 Å². The molecule has 0 aliphatic carbocycles. The number of aromatic nitrogens is 2. The number of hydrogen-bond acceptors (Lipinski definition) is 6. The lowest BCUT2D eigenvalue weighted by Gasteiger charge is -2.26. The lowest BCUT2D eigenvalue weighted by atomic mass is 10.1. The summed E-state index contributed by atoms with van der Waals surface area (Å²) >= 11 is 0. The summed E-state index contributed by atoms with van der Waals surface area (Å²) < 4.78 is 19.2. The summed E-state index contributed by atoms with van der Waals surface area (Å²) in [7, 11) is 0. The van der Waals surface area contributed by atoms with Crippen LogP contribution in [0.4, 0.5) is 0 Å². The first-order valence-electron chi connectivity index (χ1n) is 10.3. The van der Waals surface area contributed by atoms with Crippen molar-refractivity contribution in [2.45, 2.75) is 19.3 Å². The molecule has 0 radical (unpaired) electrons. The number of ether oxygens (including phenoxy) is 3. The summed E-state index contributed by atoms with van der Waals surface area (Å²) in [5.41, 5.74) is 1.96. The van der Waals surface area contributed by atoms with Crippen LogP contribution < -0.4 is 14.8 Å². The maximum Gasteiger partial charge on any atom is 0.336 e. The Bertz CT molecular complexity index is 1190. The van der Waals surface area contributed by atoms with Crippen LogP contribution in [-0.2, 0) is 17.9 Å². The highest BCUT2D eigenvalue weighted by molar-refractivity contribution is 6.04. The molecular weight excluding hydrogens is 414 g/mol. The van der Waals surface area contributed by atoms with Crippen molar-refractivity contribution in [1.82, 2.24) is 14.9 Å². The van der Waals surface area contributed by atoms with Crippen LogP contribution in [0.15, 0.2) is 48.7 Å². The highest BCUT2D eigenvalue weighted by atomic mass is 16.6. The van der Waals surface area contributed by atoms with Crippen LogP contribution in [0, 0.1) is 0 Å². The number of aromatic carboxylic acids is 1. The van der Waals surface area contributed by atoms with Gasteiger partial charge >= 0.3 is 5.97 Å². The van der Waals surface area contributed by atoms with Crippen LogP contribution in [0.1, 0.15) is 26.5 Å². The SMILES string of the molecule is O=C(O)c1ccccc1C(=O)NCC1Cn2c(-c3ccc4c(c3)OCCO4)cnc2CO1. The van der Waals surface area contributed by atoms with Gasteiger partial charge in [0, 0.05) is 12.1 Å². The predicted octanol–water partition coefficient (Wildman–Crippen LogP) is 2.35. The Kier molecular flexibility index (Phi) is 5.24. The average Bonchev–Trinajstić information content (AvgIpc) is 3.25. The van der Waals surface area contributed by atoms with Gasteiger partial charge < -0.3 is 29.2 Å². The van der Waals surface area contributed by atoms with Gasteiger partial charge in [-0.1, -0.05) is 12.1 Å². The minimum atomic E-state index is -1.14. The molecule has 0 fully saturated rings. The summed E-state index contributed by atoms with van der Waals surface area (Å²) in [5, 5.41) is 12.1. The third-order valence-electron chi connectivity index (χ3n) is 5.50. The molecule has 0 saturated carbocycles. The molecule has 9 nitrogen and oxygen atoms in total. The molecule has 1 unspecified atom stereocenters. The van der Waals surface area contributed by atoms with Crippen molar-refractivity contribution in [2.24, 2.45) is 0 Å². The predicted molar refractivity (Wildman–Crippen MR) is 113 cm³/mol. The number of nitrogens with zero attached hydrogens (tertiary/aromatic N) is 2. The van der Waals surface area contributed by atoms with E-state index < -0.39 is 11.9 Å². The molecule has 2 N–H and O–H groups in total. The first-order chi connectivity index (χ1) is 15.6. The molecule has 164 valence electrons. The van der Waals surface area contributed by atoms with Crippen molar-refractivity contribution in [3.63, 3.8) is 0 Å². The number of carbonyl (C=O) groups is 2. The number of rotatable bonds is 5. The van der Waals surface area contributed by atoms with E-state index in [1.807, 2.05) is 18.2 Å². The van der Waals surface area contributed by atoms with Crippen LogP contribution in [0.2, 0.25) is 0 Å². The number of benzene rings is 2. The molecule has 0 spiro atoms. The molecule has 2 aliphatic heterocycles. The number of nitrogens with one attached hydrogen (secondary N) is 1. The minimum absolute atomic E-state index is 0.0349. The molecule has 0 bridgehead atoms. The van der Waals surface area contributed by atoms with Crippen LogP contribution in [0.3, 0.4) is 0 Å². The highest BCUT2D eigenvalue weighted by Gasteiger charge is 2.25. The van der Waals surface area contributed by atoms with Crippen molar-refractivity contribution in [1.29, 1.82) is 0 Å². The van der Waals surface area contributed by atoms with Gasteiger partial charge in [-0.25, -0.2) is 9.78 Å². The fourth-order valence-electron chi connectivity index (χ4n) is 3.91. The van der Waals surface area contributed by atoms with E-state index in [2.05, 4.69) is 14.9 Å². The Hall–Kier alpha value is -3.85. The number of amides is 1. The lowest BCUT2D eigenvalue weighted by Crippen LogP contribution is -2.39. The summed E-state index contributed by atoms with van der Waals surface area (Å²) in [6.45, 7) is 2.11. The molecule has 32 heavy (non-hydrogen) atoms. The molecular formula is C23H21N3O6. The quantitative estimate of drug-likeness (QED) is 0.633. The van der Waals surface area contributed by atoms with Gasteiger partial charge in [-0.3, -0.25) is 4.79 Å². The smallest absolute Gasteiger partial charge is 0.336 e. The fourth-order valence-corrected chi connectivity index (χ4v) is 3.91. The lowest BCUT2D eigenvalue weighted by molar-refractivity contribution is 0.00373. The van der Waals surface area contributed by atoms with Crippen molar-refractivity contribution < 1.29 is 28.9 Å². The number of hydrogen-bond donors (Lipinski definition) is 2. The number of carboxylic acids is 1. The van der Waals surface area contributed by atoms with Crippen molar-refractivity contribution in [3.8, 4) is 22.8 Å². The van der Waals surface area contributed by atoms with E-state index in [1.165, 1.54) is 12.1 Å². The summed E-state index contributed by atoms with van der Waals surface area (Å²) in [4.78, 5) is 28.4. The minimum Gasteiger partial charge on any atom is -0.486 e. The van der Waals surface area contributed by atoms with Gasteiger partial charge in [0.05, 0.1) is 35.7 Å². The second-order valence-electron chi connectivity index (χ2n) is 7.52. The number of carbonyl (C=O) groups excluding carboxylic acids is 1. The summed E-state index contributed by atoms with van der Waals surface area (Å²) in [5.74, 6) is 0.641. The first-order valence-corrected chi connectivity index (χ1v) is 10.3. The van der Waals surface area contributed by atoms with Gasteiger partial charge in [0.15, 0.2) is 11.5 Å². The van der Waals surface area contributed by atoms with Gasteiger partial charge in [-0.2, -0.15) is 0 Å². The topological polar surface area (TPSA) is 112 Å². The molecule has 5 rings (SSSR count). The number of imidazole rings is 1. The Morgan fingerprint density at radius 3 is 2.69 bits per heavy atom. The van der Waals surface area contributed by atoms with Gasteiger partial charge in [0.2, 0.25) is 0 Å². The third-order valence-corrected chi connectivity index (χ3v) is 5.50. The molecule has 1 aromatic heterocycles. The zero-order chi connectivity index (χ0) is 22.1. The van der Waals surface area contributed by atoms with Crippen LogP contribution >= 0.6 is 0 Å². The van der Waals surface area contributed by atoms with Crippen molar-refractivity contribution >= 4 is 11.9 Å². The zero-order valence-electron chi connectivity index (χ0n) is 17.1. The largest absolute Gasteiger partial charge is 0.486 e. The molecule has 9 heteroatoms. The standard InChI is InChI=1S/C23H21N3O6/c27-22(16-3-1-2-4-17(16)23(28)29)25-10-15-12-26-18(11-24-21(26)13-32-15)14-5-6-19-20(9-14)31-8-7-30-19/h1-6,9,11,15H,7-8,10,12-13H2,(H,25,27)(H,28,29). The Labute approximate surface area is 183 Å². The molecule has 0 saturated heterocycles. The fraction of sp³-hybridized carbons (Fsp3) is 0.261. The maximum absolute atomic E-state index is 12.6. The molecule has 3 aromatic rings. The van der Waals surface area contributed by atoms with E-state index in [9.17, 15) is 14.7 Å². The molecule has 3 heterocycles. The molecule has 2 aromatic carbocycles. The summed E-state index contributed by atoms with van der Waals surface area (Å²) in [6.07, 6.45) is 1.52. The number of carboxylic acid groups (broad SMARTS) is 1. The molecule has 1 amide bonds. The van der Waals surface area contributed by atoms with Gasteiger partial charge in [0.25, 0.3) is 5.91 Å². The van der Waals surface area contributed by atoms with Gasteiger partial charge in [-0.05, 0) is 30.3 Å². The van der Waals surface area contributed by atoms with Crippen LogP contribution in [-0.4, -0.2) is 52.4 Å². The van der Waals surface area contributed by atoms with Gasteiger partial charge in [-0.15, -0.1) is 0 Å². The van der Waals surface area contributed by atoms with E-state index in [0.717, 1.165) is 22.8 Å². The monoisotopic (exact) mass is 435 g/mol. The van der Waals surface area contributed by atoms with E-state index in [0.29, 0.717) is 32.1 Å². The van der Waals surface area contributed by atoms with E-state index in [-0.39, 0.29) is 23.8 Å². The Morgan fingerprint density at radius 1 is 1.09 bits per heavy atom. The summed E-state index contributed by atoms with van der Waals surface area (Å²) in [6, 6.07) is 11.9. The maximum atomic E-state index is 12.6. The second kappa shape index (κ2) is 8.35. The zero-order valence-corrected chi connectivity index (χ0v) is 17.1. The molecule has 2 aliphatic rings. The normalized spacial score (nSPS) is 16.8. The van der Waals surface area contributed by atoms with Crippen LogP contribution in [0.25, 0.3) is 11.3 Å².